The third-order valence-corrected chi connectivity index (χ3v) is 4.59. The molecule has 0 amide bonds. The zero-order valence-corrected chi connectivity index (χ0v) is 11.2. The Bertz CT molecular complexity index is 606. The van der Waals surface area contributed by atoms with Gasteiger partial charge in [-0.25, -0.2) is 4.98 Å². The lowest BCUT2D eigenvalue weighted by Crippen LogP contribution is -2.41. The minimum atomic E-state index is -0.222. The molecule has 2 fully saturated rings. The number of aromatic nitrogens is 3. The highest BCUT2D eigenvalue weighted by Gasteiger charge is 2.38. The topological polar surface area (TPSA) is 56.7 Å². The van der Waals surface area contributed by atoms with Gasteiger partial charge in [-0.1, -0.05) is 19.3 Å². The van der Waals surface area contributed by atoms with Gasteiger partial charge in [0.1, 0.15) is 11.3 Å². The lowest BCUT2D eigenvalue weighted by Gasteiger charge is -2.33. The van der Waals surface area contributed by atoms with Crippen LogP contribution in [0.4, 0.5) is 0 Å². The molecule has 0 atom stereocenters. The summed E-state index contributed by atoms with van der Waals surface area (Å²) in [5.74, 6) is 1.11. The van der Waals surface area contributed by atoms with Gasteiger partial charge < -0.3 is 10.3 Å². The van der Waals surface area contributed by atoms with E-state index in [4.69, 9.17) is 10.7 Å². The highest BCUT2D eigenvalue weighted by Crippen LogP contribution is 2.43. The van der Waals surface area contributed by atoms with Gasteiger partial charge in [0.05, 0.1) is 17.3 Å². The average Bonchev–Trinajstić information content (AvgIpc) is 3.19. The van der Waals surface area contributed by atoms with E-state index >= 15 is 0 Å². The summed E-state index contributed by atoms with van der Waals surface area (Å²) in [6, 6.07) is 2.70. The molecule has 0 bridgehead atoms. The zero-order valence-electron chi connectivity index (χ0n) is 11.2. The number of nitrogens with zero attached hydrogens (tertiary/aromatic N) is 3. The average molecular weight is 256 g/mol. The van der Waals surface area contributed by atoms with E-state index in [2.05, 4.69) is 15.6 Å². The minimum Gasteiger partial charge on any atom is -0.323 e. The molecule has 4 nitrogen and oxygen atoms in total. The smallest absolute Gasteiger partial charge is 0.130 e. The molecule has 0 spiro atoms. The summed E-state index contributed by atoms with van der Waals surface area (Å²) in [6.07, 6.45) is 12.1. The Morgan fingerprint density at radius 3 is 2.74 bits per heavy atom. The van der Waals surface area contributed by atoms with Gasteiger partial charge >= 0.3 is 0 Å². The van der Waals surface area contributed by atoms with Crippen molar-refractivity contribution in [3.8, 4) is 0 Å². The first kappa shape index (κ1) is 11.4. The van der Waals surface area contributed by atoms with Crippen molar-refractivity contribution in [2.24, 2.45) is 5.73 Å². The summed E-state index contributed by atoms with van der Waals surface area (Å²) in [5, 5.41) is 0. The van der Waals surface area contributed by atoms with E-state index in [1.54, 1.807) is 0 Å². The van der Waals surface area contributed by atoms with Crippen molar-refractivity contribution >= 4 is 11.0 Å². The van der Waals surface area contributed by atoms with Crippen LogP contribution in [0.25, 0.3) is 11.0 Å². The van der Waals surface area contributed by atoms with Crippen LogP contribution < -0.4 is 5.73 Å². The number of rotatable bonds is 2. The number of fused-ring (bicyclic) bond motifs is 1. The SMILES string of the molecule is NC1(c2nc3cnccc3n2C2CC2)CCCCC1. The second-order valence-corrected chi connectivity index (χ2v) is 6.12. The van der Waals surface area contributed by atoms with E-state index in [1.165, 1.54) is 37.6 Å². The molecular formula is C15H20N4. The lowest BCUT2D eigenvalue weighted by atomic mass is 9.82. The Morgan fingerprint density at radius 1 is 1.21 bits per heavy atom. The molecule has 2 aliphatic carbocycles. The maximum Gasteiger partial charge on any atom is 0.130 e. The Balaban J connectivity index is 1.90. The summed E-state index contributed by atoms with van der Waals surface area (Å²) >= 11 is 0. The van der Waals surface area contributed by atoms with E-state index in [-0.39, 0.29) is 5.54 Å². The van der Waals surface area contributed by atoms with E-state index in [0.29, 0.717) is 6.04 Å². The number of hydrogen-bond donors (Lipinski definition) is 1. The second-order valence-electron chi connectivity index (χ2n) is 6.12. The van der Waals surface area contributed by atoms with Crippen LogP contribution >= 0.6 is 0 Å². The molecule has 4 heteroatoms. The number of pyridine rings is 1. The Labute approximate surface area is 113 Å². The predicted octanol–water partition coefficient (Wildman–Crippen LogP) is 2.88. The van der Waals surface area contributed by atoms with Crippen molar-refractivity contribution in [3.05, 3.63) is 24.3 Å². The summed E-state index contributed by atoms with van der Waals surface area (Å²) in [6.45, 7) is 0. The van der Waals surface area contributed by atoms with Crippen LogP contribution in [0.1, 0.15) is 56.8 Å². The molecule has 2 heterocycles. The van der Waals surface area contributed by atoms with Gasteiger partial charge in [-0.3, -0.25) is 4.98 Å². The van der Waals surface area contributed by atoms with Gasteiger partial charge in [-0.2, -0.15) is 0 Å². The van der Waals surface area contributed by atoms with Crippen molar-refractivity contribution < 1.29 is 0 Å². The lowest BCUT2D eigenvalue weighted by molar-refractivity contribution is 0.279. The fourth-order valence-electron chi connectivity index (χ4n) is 3.41. The van der Waals surface area contributed by atoms with Gasteiger partial charge in [-0.05, 0) is 31.7 Å². The second kappa shape index (κ2) is 4.04. The first-order valence-corrected chi connectivity index (χ1v) is 7.39. The minimum absolute atomic E-state index is 0.222. The summed E-state index contributed by atoms with van der Waals surface area (Å²) in [7, 11) is 0. The van der Waals surface area contributed by atoms with E-state index in [9.17, 15) is 0 Å². The molecular weight excluding hydrogens is 236 g/mol. The highest BCUT2D eigenvalue weighted by molar-refractivity contribution is 5.75. The first-order valence-electron chi connectivity index (χ1n) is 7.39. The highest BCUT2D eigenvalue weighted by atomic mass is 15.2. The normalized spacial score (nSPS) is 22.8. The zero-order chi connectivity index (χ0) is 12.9. The molecule has 2 saturated carbocycles. The molecule has 2 aromatic heterocycles. The molecule has 19 heavy (non-hydrogen) atoms. The maximum atomic E-state index is 6.71. The van der Waals surface area contributed by atoms with Gasteiger partial charge in [0.2, 0.25) is 0 Å². The number of imidazole rings is 1. The maximum absolute atomic E-state index is 6.71. The van der Waals surface area contributed by atoms with Crippen LogP contribution in [-0.2, 0) is 5.54 Å². The third kappa shape index (κ3) is 1.77. The largest absolute Gasteiger partial charge is 0.323 e. The monoisotopic (exact) mass is 256 g/mol. The van der Waals surface area contributed by atoms with Crippen LogP contribution in [-0.4, -0.2) is 14.5 Å². The number of hydrogen-bond acceptors (Lipinski definition) is 3. The van der Waals surface area contributed by atoms with Crippen molar-refractivity contribution in [1.82, 2.24) is 14.5 Å². The molecule has 4 rings (SSSR count). The summed E-state index contributed by atoms with van der Waals surface area (Å²) in [5.41, 5.74) is 8.70. The van der Waals surface area contributed by atoms with Crippen LogP contribution in [0.15, 0.2) is 18.5 Å². The Morgan fingerprint density at radius 2 is 2.00 bits per heavy atom. The fraction of sp³-hybridized carbons (Fsp3) is 0.600. The quantitative estimate of drug-likeness (QED) is 0.898. The predicted molar refractivity (Wildman–Crippen MR) is 74.7 cm³/mol. The fourth-order valence-corrected chi connectivity index (χ4v) is 3.41. The molecule has 100 valence electrons. The first-order chi connectivity index (χ1) is 9.28. The Kier molecular flexibility index (Phi) is 2.42. The van der Waals surface area contributed by atoms with E-state index in [1.807, 2.05) is 12.4 Å². The molecule has 0 aliphatic heterocycles. The van der Waals surface area contributed by atoms with Crippen molar-refractivity contribution in [2.75, 3.05) is 0 Å². The van der Waals surface area contributed by atoms with Gasteiger partial charge in [0.25, 0.3) is 0 Å². The van der Waals surface area contributed by atoms with E-state index < -0.39 is 0 Å². The molecule has 2 aromatic rings. The van der Waals surface area contributed by atoms with E-state index in [0.717, 1.165) is 24.2 Å². The molecule has 2 N–H and O–H groups in total. The standard InChI is InChI=1S/C15H20N4/c16-15(7-2-1-3-8-15)14-18-12-10-17-9-6-13(12)19(14)11-4-5-11/h6,9-11H,1-5,7-8,16H2. The van der Waals surface area contributed by atoms with Crippen molar-refractivity contribution in [3.63, 3.8) is 0 Å². The van der Waals surface area contributed by atoms with Crippen LogP contribution in [0.2, 0.25) is 0 Å². The number of nitrogens with two attached hydrogens (primary N) is 1. The molecule has 0 radical (unpaired) electrons. The van der Waals surface area contributed by atoms with Gasteiger partial charge in [0, 0.05) is 12.2 Å². The van der Waals surface area contributed by atoms with Crippen LogP contribution in [0, 0.1) is 0 Å². The van der Waals surface area contributed by atoms with Crippen molar-refractivity contribution in [2.45, 2.75) is 56.5 Å². The molecule has 0 saturated heterocycles. The molecule has 2 aliphatic rings. The third-order valence-electron chi connectivity index (χ3n) is 4.59. The van der Waals surface area contributed by atoms with Crippen molar-refractivity contribution in [1.29, 1.82) is 0 Å². The molecule has 0 aromatic carbocycles. The summed E-state index contributed by atoms with van der Waals surface area (Å²) in [4.78, 5) is 9.04. The summed E-state index contributed by atoms with van der Waals surface area (Å²) < 4.78 is 2.41. The van der Waals surface area contributed by atoms with Crippen LogP contribution in [0.3, 0.4) is 0 Å². The molecule has 0 unspecified atom stereocenters. The van der Waals surface area contributed by atoms with Crippen LogP contribution in [0.5, 0.6) is 0 Å². The Hall–Kier alpha value is -1.42. The van der Waals surface area contributed by atoms with Gasteiger partial charge in [0.15, 0.2) is 0 Å². The van der Waals surface area contributed by atoms with Gasteiger partial charge in [-0.15, -0.1) is 0 Å².